The summed E-state index contributed by atoms with van der Waals surface area (Å²) in [4.78, 5) is 21.0. The third-order valence-corrected chi connectivity index (χ3v) is 6.90. The Kier molecular flexibility index (Phi) is 6.50. The predicted molar refractivity (Wildman–Crippen MR) is 126 cm³/mol. The molecule has 0 aliphatic carbocycles. The maximum Gasteiger partial charge on any atom is 0.261 e. The third kappa shape index (κ3) is 5.50. The Hall–Kier alpha value is -3.27. The molecule has 0 fully saturated rings. The number of hydrogen-bond donors (Lipinski definition) is 2. The van der Waals surface area contributed by atoms with Gasteiger partial charge in [-0.25, -0.2) is 13.4 Å². The van der Waals surface area contributed by atoms with Crippen molar-refractivity contribution in [3.63, 3.8) is 0 Å². The van der Waals surface area contributed by atoms with Gasteiger partial charge in [0.05, 0.1) is 17.0 Å². The molecule has 0 saturated carbocycles. The van der Waals surface area contributed by atoms with Crippen LogP contribution in [-0.4, -0.2) is 24.3 Å². The number of benzene rings is 2. The normalized spacial score (nSPS) is 11.2. The van der Waals surface area contributed by atoms with Crippen LogP contribution >= 0.6 is 22.9 Å². The largest absolute Gasteiger partial charge is 0.326 e. The summed E-state index contributed by atoms with van der Waals surface area (Å²) in [6.45, 7) is 0. The van der Waals surface area contributed by atoms with Crippen LogP contribution in [0.5, 0.6) is 0 Å². The summed E-state index contributed by atoms with van der Waals surface area (Å²) in [6.07, 6.45) is 3.47. The lowest BCUT2D eigenvalue weighted by atomic mass is 10.2. The van der Waals surface area contributed by atoms with Crippen molar-refractivity contribution in [3.8, 4) is 10.6 Å². The van der Waals surface area contributed by atoms with Gasteiger partial charge in [0.25, 0.3) is 10.0 Å². The van der Waals surface area contributed by atoms with Crippen molar-refractivity contribution in [3.05, 3.63) is 89.2 Å². The molecule has 0 spiro atoms. The van der Waals surface area contributed by atoms with Gasteiger partial charge in [-0.3, -0.25) is 14.5 Å². The van der Waals surface area contributed by atoms with E-state index in [1.165, 1.54) is 23.5 Å². The summed E-state index contributed by atoms with van der Waals surface area (Å²) in [7, 11) is -3.83. The standard InChI is InChI=1S/C22H17ClN4O3S2/c23-16-6-8-17(9-7-16)27-32(29,30)20-5-1-4-18(11-20)25-21(28)12-19-14-31-22(26-19)15-3-2-10-24-13-15/h1-11,13-14,27H,12H2,(H,25,28). The van der Waals surface area contributed by atoms with Crippen LogP contribution in [0.15, 0.2) is 83.3 Å². The van der Waals surface area contributed by atoms with Gasteiger partial charge in [-0.05, 0) is 54.6 Å². The molecule has 2 heterocycles. The van der Waals surface area contributed by atoms with Crippen LogP contribution in [0.1, 0.15) is 5.69 Å². The van der Waals surface area contributed by atoms with Crippen LogP contribution < -0.4 is 10.0 Å². The first-order valence-corrected chi connectivity index (χ1v) is 12.2. The Balaban J connectivity index is 1.43. The van der Waals surface area contributed by atoms with E-state index in [1.807, 2.05) is 17.5 Å². The van der Waals surface area contributed by atoms with E-state index in [0.29, 0.717) is 22.1 Å². The van der Waals surface area contributed by atoms with E-state index >= 15 is 0 Å². The number of aromatic nitrogens is 2. The highest BCUT2D eigenvalue weighted by molar-refractivity contribution is 7.92. The van der Waals surface area contributed by atoms with Crippen LogP contribution in [0.2, 0.25) is 5.02 Å². The Morgan fingerprint density at radius 1 is 1.03 bits per heavy atom. The highest BCUT2D eigenvalue weighted by Crippen LogP contribution is 2.24. The zero-order valence-corrected chi connectivity index (χ0v) is 18.9. The van der Waals surface area contributed by atoms with Gasteiger partial charge in [0.2, 0.25) is 5.91 Å². The molecule has 4 aromatic rings. The topological polar surface area (TPSA) is 101 Å². The Labute approximate surface area is 194 Å². The number of rotatable bonds is 7. The molecular weight excluding hydrogens is 468 g/mol. The van der Waals surface area contributed by atoms with Crippen LogP contribution in [0.25, 0.3) is 10.6 Å². The van der Waals surface area contributed by atoms with Crippen molar-refractivity contribution < 1.29 is 13.2 Å². The summed E-state index contributed by atoms with van der Waals surface area (Å²) >= 11 is 7.27. The number of hydrogen-bond acceptors (Lipinski definition) is 6. The van der Waals surface area contributed by atoms with Crippen LogP contribution in [0.4, 0.5) is 11.4 Å². The summed E-state index contributed by atoms with van der Waals surface area (Å²) < 4.78 is 27.9. The van der Waals surface area contributed by atoms with Crippen molar-refractivity contribution in [1.29, 1.82) is 0 Å². The second kappa shape index (κ2) is 9.47. The highest BCUT2D eigenvalue weighted by Gasteiger charge is 2.16. The SMILES string of the molecule is O=C(Cc1csc(-c2cccnc2)n1)Nc1cccc(S(=O)(=O)Nc2ccc(Cl)cc2)c1. The number of thiazole rings is 1. The molecule has 0 atom stereocenters. The minimum atomic E-state index is -3.83. The van der Waals surface area contributed by atoms with Gasteiger partial charge in [-0.1, -0.05) is 17.7 Å². The number of pyridine rings is 1. The van der Waals surface area contributed by atoms with Crippen molar-refractivity contribution >= 4 is 50.2 Å². The third-order valence-electron chi connectivity index (χ3n) is 4.33. The number of nitrogens with zero attached hydrogens (tertiary/aromatic N) is 2. The smallest absolute Gasteiger partial charge is 0.261 e. The lowest BCUT2D eigenvalue weighted by Gasteiger charge is -2.10. The Morgan fingerprint density at radius 3 is 2.59 bits per heavy atom. The lowest BCUT2D eigenvalue weighted by molar-refractivity contribution is -0.115. The molecule has 10 heteroatoms. The first kappa shape index (κ1) is 21.9. The minimum Gasteiger partial charge on any atom is -0.326 e. The van der Waals surface area contributed by atoms with Crippen LogP contribution in [0, 0.1) is 0 Å². The molecule has 0 unspecified atom stereocenters. The second-order valence-electron chi connectivity index (χ2n) is 6.75. The van der Waals surface area contributed by atoms with E-state index < -0.39 is 10.0 Å². The van der Waals surface area contributed by atoms with Crippen LogP contribution in [-0.2, 0) is 21.2 Å². The van der Waals surface area contributed by atoms with E-state index in [-0.39, 0.29) is 17.2 Å². The van der Waals surface area contributed by atoms with Gasteiger partial charge < -0.3 is 5.32 Å². The van der Waals surface area contributed by atoms with Crippen molar-refractivity contribution in [2.75, 3.05) is 10.0 Å². The zero-order valence-electron chi connectivity index (χ0n) is 16.5. The van der Waals surface area contributed by atoms with E-state index in [2.05, 4.69) is 20.0 Å². The number of amides is 1. The average molecular weight is 485 g/mol. The van der Waals surface area contributed by atoms with Crippen molar-refractivity contribution in [1.82, 2.24) is 9.97 Å². The van der Waals surface area contributed by atoms with E-state index in [4.69, 9.17) is 11.6 Å². The number of halogens is 1. The molecule has 0 bridgehead atoms. The predicted octanol–water partition coefficient (Wildman–Crippen LogP) is 4.84. The molecule has 1 amide bonds. The maximum absolute atomic E-state index is 12.7. The van der Waals surface area contributed by atoms with Crippen LogP contribution in [0.3, 0.4) is 0 Å². The van der Waals surface area contributed by atoms with Crippen molar-refractivity contribution in [2.24, 2.45) is 0 Å². The molecule has 2 N–H and O–H groups in total. The van der Waals surface area contributed by atoms with Gasteiger partial charge in [0.15, 0.2) is 0 Å². The highest BCUT2D eigenvalue weighted by atomic mass is 35.5. The molecule has 0 radical (unpaired) electrons. The molecule has 2 aromatic heterocycles. The van der Waals surface area contributed by atoms with E-state index in [9.17, 15) is 13.2 Å². The van der Waals surface area contributed by atoms with E-state index in [1.54, 1.807) is 48.8 Å². The number of carbonyl (C=O) groups excluding carboxylic acids is 1. The fourth-order valence-electron chi connectivity index (χ4n) is 2.85. The van der Waals surface area contributed by atoms with Gasteiger partial charge in [0.1, 0.15) is 5.01 Å². The van der Waals surface area contributed by atoms with E-state index in [0.717, 1.165) is 10.6 Å². The first-order valence-electron chi connectivity index (χ1n) is 9.42. The molecule has 0 saturated heterocycles. The number of carbonyl (C=O) groups is 1. The molecule has 32 heavy (non-hydrogen) atoms. The maximum atomic E-state index is 12.7. The summed E-state index contributed by atoms with van der Waals surface area (Å²) in [5, 5.41) is 5.83. The molecule has 0 aliphatic heterocycles. The molecule has 0 aliphatic rings. The number of sulfonamides is 1. The molecule has 4 rings (SSSR count). The Morgan fingerprint density at radius 2 is 1.84 bits per heavy atom. The van der Waals surface area contributed by atoms with Crippen molar-refractivity contribution in [2.45, 2.75) is 11.3 Å². The Bertz CT molecular complexity index is 1340. The molecule has 7 nitrogen and oxygen atoms in total. The zero-order chi connectivity index (χ0) is 22.6. The minimum absolute atomic E-state index is 0.0257. The number of nitrogens with one attached hydrogen (secondary N) is 2. The average Bonchev–Trinajstić information content (AvgIpc) is 3.24. The van der Waals surface area contributed by atoms with Gasteiger partial charge in [0, 0.05) is 39.7 Å². The molecule has 162 valence electrons. The molecular formula is C22H17ClN4O3S2. The second-order valence-corrected chi connectivity index (χ2v) is 9.73. The lowest BCUT2D eigenvalue weighted by Crippen LogP contribution is -2.16. The number of anilines is 2. The monoisotopic (exact) mass is 484 g/mol. The quantitative estimate of drug-likeness (QED) is 0.391. The fourth-order valence-corrected chi connectivity index (χ4v) is 4.89. The summed E-state index contributed by atoms with van der Waals surface area (Å²) in [5.41, 5.74) is 2.27. The molecule has 2 aromatic carbocycles. The van der Waals surface area contributed by atoms with Gasteiger partial charge in [-0.15, -0.1) is 11.3 Å². The van der Waals surface area contributed by atoms with Gasteiger partial charge in [-0.2, -0.15) is 0 Å². The summed E-state index contributed by atoms with van der Waals surface area (Å²) in [5.74, 6) is -0.298. The van der Waals surface area contributed by atoms with Gasteiger partial charge >= 0.3 is 0 Å². The first-order chi connectivity index (χ1) is 15.4. The fraction of sp³-hybridized carbons (Fsp3) is 0.0455. The summed E-state index contributed by atoms with van der Waals surface area (Å²) in [6, 6.07) is 16.1.